The van der Waals surface area contributed by atoms with Gasteiger partial charge in [-0.05, 0) is 0 Å². The van der Waals surface area contributed by atoms with Crippen molar-refractivity contribution in [1.82, 2.24) is 20.2 Å². The summed E-state index contributed by atoms with van der Waals surface area (Å²) in [4.78, 5) is 8.13. The van der Waals surface area contributed by atoms with Gasteiger partial charge in [-0.15, -0.1) is 0 Å². The highest BCUT2D eigenvalue weighted by molar-refractivity contribution is 5.59. The molecular formula is C8H9N5. The fraction of sp³-hybridized carbons (Fsp3) is 0.125. The Morgan fingerprint density at radius 1 is 1.38 bits per heavy atom. The van der Waals surface area contributed by atoms with Crippen LogP contribution in [-0.4, -0.2) is 27.2 Å². The predicted octanol–water partition coefficient (Wildman–Crippen LogP) is 0.908. The number of hydrogen-bond donors (Lipinski definition) is 2. The van der Waals surface area contributed by atoms with E-state index in [0.29, 0.717) is 0 Å². The first kappa shape index (κ1) is 7.72. The van der Waals surface area contributed by atoms with Crippen molar-refractivity contribution < 1.29 is 0 Å². The first-order chi connectivity index (χ1) is 6.40. The molecule has 0 aliphatic rings. The number of aromatic amines is 1. The van der Waals surface area contributed by atoms with Gasteiger partial charge in [-0.2, -0.15) is 5.10 Å². The maximum Gasteiger partial charge on any atom is 0.129 e. The number of nitrogens with one attached hydrogen (secondary N) is 2. The van der Waals surface area contributed by atoms with E-state index >= 15 is 0 Å². The van der Waals surface area contributed by atoms with Gasteiger partial charge < -0.3 is 5.32 Å². The minimum absolute atomic E-state index is 0.797. The van der Waals surface area contributed by atoms with Crippen LogP contribution in [0.5, 0.6) is 0 Å². The van der Waals surface area contributed by atoms with Gasteiger partial charge in [-0.25, -0.2) is 9.97 Å². The molecular weight excluding hydrogens is 166 g/mol. The number of aromatic nitrogens is 4. The zero-order chi connectivity index (χ0) is 9.10. The van der Waals surface area contributed by atoms with Crippen LogP contribution in [0.4, 0.5) is 5.82 Å². The van der Waals surface area contributed by atoms with Crippen LogP contribution in [0.3, 0.4) is 0 Å². The van der Waals surface area contributed by atoms with Crippen LogP contribution < -0.4 is 5.32 Å². The molecule has 0 radical (unpaired) electrons. The normalized spacial score (nSPS) is 9.92. The Labute approximate surface area is 75.2 Å². The largest absolute Gasteiger partial charge is 0.373 e. The highest BCUT2D eigenvalue weighted by atomic mass is 15.1. The van der Waals surface area contributed by atoms with E-state index in [-0.39, 0.29) is 0 Å². The predicted molar refractivity (Wildman–Crippen MR) is 49.2 cm³/mol. The zero-order valence-corrected chi connectivity index (χ0v) is 7.15. The summed E-state index contributed by atoms with van der Waals surface area (Å²) in [7, 11) is 1.82. The van der Waals surface area contributed by atoms with Crippen LogP contribution in [-0.2, 0) is 0 Å². The summed E-state index contributed by atoms with van der Waals surface area (Å²) in [5.74, 6) is 0.797. The van der Waals surface area contributed by atoms with Crippen LogP contribution in [0.15, 0.2) is 24.8 Å². The topological polar surface area (TPSA) is 66.5 Å². The van der Waals surface area contributed by atoms with Crippen molar-refractivity contribution in [3.63, 3.8) is 0 Å². The van der Waals surface area contributed by atoms with Crippen LogP contribution in [0, 0.1) is 0 Å². The second kappa shape index (κ2) is 3.22. The van der Waals surface area contributed by atoms with E-state index in [1.54, 1.807) is 12.4 Å². The Hall–Kier alpha value is -1.91. The summed E-state index contributed by atoms with van der Waals surface area (Å²) in [6.45, 7) is 0. The number of nitrogens with zero attached hydrogens (tertiary/aromatic N) is 3. The third kappa shape index (κ3) is 1.48. The van der Waals surface area contributed by atoms with Crippen LogP contribution in [0.25, 0.3) is 11.3 Å². The summed E-state index contributed by atoms with van der Waals surface area (Å²) in [5, 5.41) is 9.53. The lowest BCUT2D eigenvalue weighted by molar-refractivity contribution is 1.09. The van der Waals surface area contributed by atoms with Gasteiger partial charge in [-0.1, -0.05) is 0 Å². The second-order valence-corrected chi connectivity index (χ2v) is 2.53. The molecule has 0 fully saturated rings. The minimum Gasteiger partial charge on any atom is -0.373 e. The van der Waals surface area contributed by atoms with Crippen molar-refractivity contribution in [3.05, 3.63) is 24.8 Å². The van der Waals surface area contributed by atoms with Crippen molar-refractivity contribution in [2.45, 2.75) is 0 Å². The van der Waals surface area contributed by atoms with Crippen LogP contribution >= 0.6 is 0 Å². The van der Waals surface area contributed by atoms with Crippen molar-refractivity contribution >= 4 is 5.82 Å². The lowest BCUT2D eigenvalue weighted by atomic mass is 10.2. The van der Waals surface area contributed by atoms with Crippen LogP contribution in [0.2, 0.25) is 0 Å². The SMILES string of the molecule is CNc1cc(-c2cn[nH]c2)ncn1. The van der Waals surface area contributed by atoms with Gasteiger partial charge in [0.2, 0.25) is 0 Å². The number of hydrogen-bond acceptors (Lipinski definition) is 4. The molecule has 0 spiro atoms. The van der Waals surface area contributed by atoms with Gasteiger partial charge in [0.25, 0.3) is 0 Å². The molecule has 2 rings (SSSR count). The molecule has 0 atom stereocenters. The average molecular weight is 175 g/mol. The highest BCUT2D eigenvalue weighted by Crippen LogP contribution is 2.15. The van der Waals surface area contributed by atoms with Crippen molar-refractivity contribution in [1.29, 1.82) is 0 Å². The van der Waals surface area contributed by atoms with Crippen molar-refractivity contribution in [2.75, 3.05) is 12.4 Å². The lowest BCUT2D eigenvalue weighted by Gasteiger charge is -1.99. The molecule has 5 heteroatoms. The molecule has 0 aliphatic heterocycles. The van der Waals surface area contributed by atoms with Gasteiger partial charge in [-0.3, -0.25) is 5.10 Å². The van der Waals surface area contributed by atoms with E-state index in [2.05, 4.69) is 25.5 Å². The molecule has 0 saturated carbocycles. The van der Waals surface area contributed by atoms with Gasteiger partial charge in [0.05, 0.1) is 11.9 Å². The molecule has 0 aromatic carbocycles. The minimum atomic E-state index is 0.797. The fourth-order valence-electron chi connectivity index (χ4n) is 1.04. The third-order valence-electron chi connectivity index (χ3n) is 1.72. The molecule has 2 heterocycles. The zero-order valence-electron chi connectivity index (χ0n) is 7.15. The average Bonchev–Trinajstić information content (AvgIpc) is 2.71. The summed E-state index contributed by atoms with van der Waals surface area (Å²) in [6, 6.07) is 1.87. The smallest absolute Gasteiger partial charge is 0.129 e. The quantitative estimate of drug-likeness (QED) is 0.711. The second-order valence-electron chi connectivity index (χ2n) is 2.53. The van der Waals surface area contributed by atoms with Gasteiger partial charge in [0.1, 0.15) is 12.1 Å². The standard InChI is InChI=1S/C8H9N5/c1-9-8-2-7(10-5-11-8)6-3-12-13-4-6/h2-5H,1H3,(H,12,13)(H,9,10,11). The number of rotatable bonds is 2. The Morgan fingerprint density at radius 3 is 3.00 bits per heavy atom. The van der Waals surface area contributed by atoms with Gasteiger partial charge in [0, 0.05) is 24.9 Å². The Bertz CT molecular complexity index is 381. The Balaban J connectivity index is 2.41. The highest BCUT2D eigenvalue weighted by Gasteiger charge is 2.00. The number of H-pyrrole nitrogens is 1. The summed E-state index contributed by atoms with van der Waals surface area (Å²) in [6.07, 6.45) is 5.04. The lowest BCUT2D eigenvalue weighted by Crippen LogP contribution is -1.93. The molecule has 2 N–H and O–H groups in total. The molecule has 0 bridgehead atoms. The first-order valence-electron chi connectivity index (χ1n) is 3.89. The monoisotopic (exact) mass is 175 g/mol. The summed E-state index contributed by atoms with van der Waals surface area (Å²) < 4.78 is 0. The Kier molecular flexibility index (Phi) is 1.91. The van der Waals surface area contributed by atoms with Gasteiger partial charge >= 0.3 is 0 Å². The maximum atomic E-state index is 4.12. The maximum absolute atomic E-state index is 4.12. The third-order valence-corrected chi connectivity index (χ3v) is 1.72. The van der Waals surface area contributed by atoms with Crippen molar-refractivity contribution in [2.24, 2.45) is 0 Å². The molecule has 0 unspecified atom stereocenters. The molecule has 2 aromatic rings. The molecule has 66 valence electrons. The number of anilines is 1. The summed E-state index contributed by atoms with van der Waals surface area (Å²) >= 11 is 0. The molecule has 0 saturated heterocycles. The van der Waals surface area contributed by atoms with Gasteiger partial charge in [0.15, 0.2) is 0 Å². The van der Waals surface area contributed by atoms with Crippen LogP contribution in [0.1, 0.15) is 0 Å². The molecule has 0 amide bonds. The Morgan fingerprint density at radius 2 is 2.31 bits per heavy atom. The van der Waals surface area contributed by atoms with E-state index in [4.69, 9.17) is 0 Å². The molecule has 5 nitrogen and oxygen atoms in total. The van der Waals surface area contributed by atoms with E-state index in [1.165, 1.54) is 6.33 Å². The van der Waals surface area contributed by atoms with E-state index in [9.17, 15) is 0 Å². The molecule has 2 aromatic heterocycles. The van der Waals surface area contributed by atoms with Crippen molar-refractivity contribution in [3.8, 4) is 11.3 Å². The molecule has 13 heavy (non-hydrogen) atoms. The first-order valence-corrected chi connectivity index (χ1v) is 3.89. The van der Waals surface area contributed by atoms with E-state index in [1.807, 2.05) is 13.1 Å². The van der Waals surface area contributed by atoms with E-state index in [0.717, 1.165) is 17.1 Å². The molecule has 0 aliphatic carbocycles. The summed E-state index contributed by atoms with van der Waals surface area (Å²) in [5.41, 5.74) is 1.81. The fourth-order valence-corrected chi connectivity index (χ4v) is 1.04. The van der Waals surface area contributed by atoms with E-state index < -0.39 is 0 Å².